The van der Waals surface area contributed by atoms with Crippen LogP contribution in [0.25, 0.3) is 0 Å². The van der Waals surface area contributed by atoms with Crippen LogP contribution < -0.4 is 10.6 Å². The zero-order chi connectivity index (χ0) is 18.6. The van der Waals surface area contributed by atoms with Crippen LogP contribution >= 0.6 is 11.6 Å². The highest BCUT2D eigenvalue weighted by molar-refractivity contribution is 6.31. The van der Waals surface area contributed by atoms with Gasteiger partial charge in [0.05, 0.1) is 31.0 Å². The molecule has 2 heterocycles. The number of hydrogen-bond acceptors (Lipinski definition) is 9. The molecule has 1 saturated heterocycles. The Morgan fingerprint density at radius 2 is 2.08 bits per heavy atom. The lowest BCUT2D eigenvalue weighted by Gasteiger charge is -2.41. The number of piperazine rings is 1. The normalized spacial score (nSPS) is 20.7. The van der Waals surface area contributed by atoms with Crippen LogP contribution in [0.3, 0.4) is 0 Å². The Labute approximate surface area is 152 Å². The smallest absolute Gasteiger partial charge is 0.247 e. The molecule has 1 fully saturated rings. The number of nitrogens with zero attached hydrogens (tertiary/aromatic N) is 5. The van der Waals surface area contributed by atoms with Crippen LogP contribution in [-0.4, -0.2) is 87.4 Å². The van der Waals surface area contributed by atoms with Crippen molar-refractivity contribution in [2.45, 2.75) is 38.5 Å². The van der Waals surface area contributed by atoms with Gasteiger partial charge in [0, 0.05) is 26.2 Å². The quantitative estimate of drug-likeness (QED) is 0.619. The van der Waals surface area contributed by atoms with Gasteiger partial charge in [-0.25, -0.2) is 0 Å². The number of aliphatic hydroxyl groups excluding tert-OH is 2. The fourth-order valence-electron chi connectivity index (χ4n) is 2.61. The van der Waals surface area contributed by atoms with Gasteiger partial charge in [-0.05, 0) is 20.8 Å². The summed E-state index contributed by atoms with van der Waals surface area (Å²) < 4.78 is 5.61. The minimum atomic E-state index is -0.621. The van der Waals surface area contributed by atoms with Crippen molar-refractivity contribution in [2.75, 3.05) is 50.0 Å². The molecule has 1 aromatic rings. The highest BCUT2D eigenvalue weighted by Crippen LogP contribution is 2.19. The van der Waals surface area contributed by atoms with Crippen molar-refractivity contribution in [1.29, 1.82) is 0 Å². The number of rotatable bonds is 6. The summed E-state index contributed by atoms with van der Waals surface area (Å²) in [4.78, 5) is 8.08. The zero-order valence-electron chi connectivity index (χ0n) is 14.9. The van der Waals surface area contributed by atoms with Gasteiger partial charge >= 0.3 is 0 Å². The van der Waals surface area contributed by atoms with E-state index in [4.69, 9.17) is 22.1 Å². The molecule has 9 nitrogen and oxygen atoms in total. The van der Waals surface area contributed by atoms with Gasteiger partial charge in [-0.1, -0.05) is 11.6 Å². The van der Waals surface area contributed by atoms with E-state index >= 15 is 0 Å². The van der Waals surface area contributed by atoms with Crippen molar-refractivity contribution in [3.8, 4) is 0 Å². The molecule has 0 aromatic carbocycles. The predicted molar refractivity (Wildman–Crippen MR) is 95.6 cm³/mol. The van der Waals surface area contributed by atoms with Crippen LogP contribution in [0, 0.1) is 0 Å². The molecular formula is C15H27ClN6O3. The van der Waals surface area contributed by atoms with E-state index in [1.807, 2.05) is 30.6 Å². The Hall–Kier alpha value is -1.26. The fourth-order valence-corrected chi connectivity index (χ4v) is 2.69. The van der Waals surface area contributed by atoms with E-state index in [2.05, 4.69) is 15.2 Å². The topological polar surface area (TPSA) is 121 Å². The average molecular weight is 375 g/mol. The van der Waals surface area contributed by atoms with E-state index < -0.39 is 6.10 Å². The summed E-state index contributed by atoms with van der Waals surface area (Å²) in [5.74, 6) is 0.515. The Bertz CT molecular complexity index is 571. The van der Waals surface area contributed by atoms with E-state index in [0.29, 0.717) is 32.1 Å². The SMILES string of the molecule is CC(C)(C)OCC(O)CN1CCN(c2nnc(Cl)c(N)n2)CC1CO. The van der Waals surface area contributed by atoms with Gasteiger partial charge in [0.25, 0.3) is 0 Å². The van der Waals surface area contributed by atoms with E-state index in [0.717, 1.165) is 0 Å². The van der Waals surface area contributed by atoms with Gasteiger partial charge in [-0.3, -0.25) is 4.90 Å². The lowest BCUT2D eigenvalue weighted by Crippen LogP contribution is -2.57. The van der Waals surface area contributed by atoms with Gasteiger partial charge in [0.2, 0.25) is 5.95 Å². The molecule has 1 aliphatic rings. The first kappa shape index (κ1) is 20.1. The molecule has 0 bridgehead atoms. The van der Waals surface area contributed by atoms with E-state index in [1.165, 1.54) is 0 Å². The minimum Gasteiger partial charge on any atom is -0.395 e. The minimum absolute atomic E-state index is 0.0418. The van der Waals surface area contributed by atoms with Crippen LogP contribution in [0.15, 0.2) is 0 Å². The number of aromatic nitrogens is 3. The maximum Gasteiger partial charge on any atom is 0.247 e. The molecule has 10 heteroatoms. The summed E-state index contributed by atoms with van der Waals surface area (Å²) in [7, 11) is 0. The second-order valence-corrected chi connectivity index (χ2v) is 7.50. The average Bonchev–Trinajstić information content (AvgIpc) is 2.55. The maximum absolute atomic E-state index is 10.2. The molecule has 0 amide bonds. The zero-order valence-corrected chi connectivity index (χ0v) is 15.6. The highest BCUT2D eigenvalue weighted by atomic mass is 35.5. The van der Waals surface area contributed by atoms with Crippen LogP contribution in [0.5, 0.6) is 0 Å². The lowest BCUT2D eigenvalue weighted by molar-refractivity contribution is -0.0612. The third kappa shape index (κ3) is 5.89. The number of β-amino-alcohol motifs (C(OH)–C–C–N with tert-alkyl or cyclic N) is 1. The first-order valence-corrected chi connectivity index (χ1v) is 8.65. The molecular weight excluding hydrogens is 348 g/mol. The van der Waals surface area contributed by atoms with Gasteiger partial charge in [-0.2, -0.15) is 4.98 Å². The third-order valence-corrected chi connectivity index (χ3v) is 4.18. The van der Waals surface area contributed by atoms with Crippen molar-refractivity contribution in [3.63, 3.8) is 0 Å². The molecule has 0 radical (unpaired) electrons. The van der Waals surface area contributed by atoms with Crippen molar-refractivity contribution >= 4 is 23.4 Å². The van der Waals surface area contributed by atoms with Crippen LogP contribution in [0.4, 0.5) is 11.8 Å². The Morgan fingerprint density at radius 3 is 2.68 bits per heavy atom. The van der Waals surface area contributed by atoms with E-state index in [9.17, 15) is 10.2 Å². The van der Waals surface area contributed by atoms with Crippen LogP contribution in [-0.2, 0) is 4.74 Å². The lowest BCUT2D eigenvalue weighted by atomic mass is 10.1. The number of hydrogen-bond donors (Lipinski definition) is 3. The molecule has 0 spiro atoms. The Morgan fingerprint density at radius 1 is 1.36 bits per heavy atom. The summed E-state index contributed by atoms with van der Waals surface area (Å²) >= 11 is 5.75. The van der Waals surface area contributed by atoms with Crippen molar-refractivity contribution in [1.82, 2.24) is 20.1 Å². The number of ether oxygens (including phenoxy) is 1. The molecule has 25 heavy (non-hydrogen) atoms. The first-order valence-electron chi connectivity index (χ1n) is 8.27. The predicted octanol–water partition coefficient (Wildman–Crippen LogP) is -0.234. The maximum atomic E-state index is 10.2. The number of nitrogens with two attached hydrogens (primary N) is 1. The summed E-state index contributed by atoms with van der Waals surface area (Å²) in [6.07, 6.45) is -0.621. The largest absolute Gasteiger partial charge is 0.395 e. The molecule has 2 unspecified atom stereocenters. The van der Waals surface area contributed by atoms with Crippen molar-refractivity contribution < 1.29 is 14.9 Å². The summed E-state index contributed by atoms with van der Waals surface area (Å²) in [6.45, 7) is 8.25. The molecule has 2 rings (SSSR count). The first-order chi connectivity index (χ1) is 11.7. The molecule has 142 valence electrons. The van der Waals surface area contributed by atoms with Gasteiger partial charge in [0.15, 0.2) is 11.0 Å². The number of nitrogen functional groups attached to an aromatic ring is 1. The number of halogens is 1. The van der Waals surface area contributed by atoms with E-state index in [-0.39, 0.29) is 35.8 Å². The van der Waals surface area contributed by atoms with Crippen molar-refractivity contribution in [2.24, 2.45) is 0 Å². The summed E-state index contributed by atoms with van der Waals surface area (Å²) in [5.41, 5.74) is 5.38. The highest BCUT2D eigenvalue weighted by Gasteiger charge is 2.30. The van der Waals surface area contributed by atoms with Gasteiger partial charge in [-0.15, -0.1) is 10.2 Å². The molecule has 4 N–H and O–H groups in total. The van der Waals surface area contributed by atoms with Crippen molar-refractivity contribution in [3.05, 3.63) is 5.15 Å². The number of aliphatic hydroxyl groups is 2. The standard InChI is InChI=1S/C15H27ClN6O3/c1-15(2,3)25-9-11(24)7-21-4-5-22(6-10(21)8-23)14-18-13(17)12(16)19-20-14/h10-11,23-24H,4-9H2,1-3H3,(H2,17,18,20). The monoisotopic (exact) mass is 374 g/mol. The number of anilines is 2. The Balaban J connectivity index is 1.93. The van der Waals surface area contributed by atoms with E-state index in [1.54, 1.807) is 0 Å². The molecule has 1 aliphatic heterocycles. The fraction of sp³-hybridized carbons (Fsp3) is 0.800. The van der Waals surface area contributed by atoms with Crippen LogP contribution in [0.1, 0.15) is 20.8 Å². The molecule has 0 saturated carbocycles. The van der Waals surface area contributed by atoms with Crippen LogP contribution in [0.2, 0.25) is 5.15 Å². The second-order valence-electron chi connectivity index (χ2n) is 7.14. The van der Waals surface area contributed by atoms with Gasteiger partial charge in [0.1, 0.15) is 0 Å². The molecule has 0 aliphatic carbocycles. The third-order valence-electron chi connectivity index (χ3n) is 3.91. The molecule has 1 aromatic heterocycles. The Kier molecular flexibility index (Phi) is 6.75. The van der Waals surface area contributed by atoms with Gasteiger partial charge < -0.3 is 25.6 Å². The summed E-state index contributed by atoms with van der Waals surface area (Å²) in [6, 6.07) is -0.154. The molecule has 2 atom stereocenters. The summed E-state index contributed by atoms with van der Waals surface area (Å²) in [5, 5.41) is 27.7. The second kappa shape index (κ2) is 8.41.